The highest BCUT2D eigenvalue weighted by Gasteiger charge is 2.17. The fourth-order valence-corrected chi connectivity index (χ4v) is 3.64. The number of nitrogens with zero attached hydrogens (tertiary/aromatic N) is 5. The summed E-state index contributed by atoms with van der Waals surface area (Å²) >= 11 is 7.42. The highest BCUT2D eigenvalue weighted by molar-refractivity contribution is 7.99. The van der Waals surface area contributed by atoms with Crippen LogP contribution < -0.4 is 5.32 Å². The Morgan fingerprint density at radius 3 is 2.60 bits per heavy atom. The normalized spacial score (nSPS) is 10.8. The molecule has 0 bridgehead atoms. The highest BCUT2D eigenvalue weighted by Crippen LogP contribution is 2.35. The van der Waals surface area contributed by atoms with Crippen molar-refractivity contribution >= 4 is 29.3 Å². The Morgan fingerprint density at radius 2 is 1.93 bits per heavy atom. The fourth-order valence-electron chi connectivity index (χ4n) is 2.59. The number of benzene rings is 1. The molecule has 0 fully saturated rings. The quantitative estimate of drug-likeness (QED) is 0.504. The minimum Gasteiger partial charge on any atom is -0.354 e. The molecular weight excluding hydrogens is 427 g/mol. The summed E-state index contributed by atoms with van der Waals surface area (Å²) in [4.78, 5) is 25.8. The van der Waals surface area contributed by atoms with Crippen molar-refractivity contribution in [3.8, 4) is 17.1 Å². The molecule has 0 aliphatic carbocycles. The summed E-state index contributed by atoms with van der Waals surface area (Å²) in [6, 6.07) is 8.70. The molecular formula is C20H14ClFN6OS. The second-order valence-corrected chi connectivity index (χ2v) is 7.62. The number of carbonyl (C=O) groups excluding carboxylic acids is 1. The summed E-state index contributed by atoms with van der Waals surface area (Å²) in [5.74, 6) is -0.799. The summed E-state index contributed by atoms with van der Waals surface area (Å²) in [7, 11) is 1.52. The van der Waals surface area contributed by atoms with Crippen molar-refractivity contribution in [3.05, 3.63) is 77.8 Å². The van der Waals surface area contributed by atoms with Gasteiger partial charge in [-0.3, -0.25) is 14.8 Å². The molecule has 1 aromatic carbocycles. The monoisotopic (exact) mass is 440 g/mol. The molecule has 0 saturated carbocycles. The molecule has 10 heteroatoms. The predicted molar refractivity (Wildman–Crippen MR) is 111 cm³/mol. The smallest absolute Gasteiger partial charge is 0.271 e. The van der Waals surface area contributed by atoms with Gasteiger partial charge >= 0.3 is 0 Å². The number of halogens is 2. The molecule has 0 aliphatic rings. The third kappa shape index (κ3) is 4.32. The summed E-state index contributed by atoms with van der Waals surface area (Å²) < 4.78 is 15.2. The van der Waals surface area contributed by atoms with Gasteiger partial charge in [-0.1, -0.05) is 23.4 Å². The molecule has 4 aromatic rings. The average Bonchev–Trinajstić information content (AvgIpc) is 3.19. The molecule has 0 aliphatic heterocycles. The van der Waals surface area contributed by atoms with Crippen LogP contribution in [0.15, 0.2) is 71.1 Å². The van der Waals surface area contributed by atoms with Gasteiger partial charge in [0, 0.05) is 29.2 Å². The zero-order chi connectivity index (χ0) is 21.1. The largest absolute Gasteiger partial charge is 0.354 e. The minimum absolute atomic E-state index is 0.196. The Balaban J connectivity index is 1.76. The number of amides is 1. The van der Waals surface area contributed by atoms with E-state index >= 15 is 0 Å². The SMILES string of the molecule is CNC(=O)c1cnc(-c2nn(-c3cncc(F)c3)cc2Sc2ccc(Cl)cc2)cn1. The van der Waals surface area contributed by atoms with Crippen molar-refractivity contribution in [2.75, 3.05) is 7.05 Å². The van der Waals surface area contributed by atoms with E-state index in [9.17, 15) is 9.18 Å². The lowest BCUT2D eigenvalue weighted by Gasteiger charge is -2.03. The summed E-state index contributed by atoms with van der Waals surface area (Å²) in [6.07, 6.45) is 7.26. The van der Waals surface area contributed by atoms with Crippen LogP contribution in [-0.4, -0.2) is 37.7 Å². The molecule has 1 N–H and O–H groups in total. The van der Waals surface area contributed by atoms with Gasteiger partial charge in [0.2, 0.25) is 0 Å². The van der Waals surface area contributed by atoms with E-state index in [-0.39, 0.29) is 11.6 Å². The number of aromatic nitrogens is 5. The van der Waals surface area contributed by atoms with Crippen LogP contribution in [0.1, 0.15) is 10.5 Å². The lowest BCUT2D eigenvalue weighted by molar-refractivity contribution is 0.0958. The molecule has 1 amide bonds. The Bertz CT molecular complexity index is 1200. The first-order valence-electron chi connectivity index (χ1n) is 8.72. The Hall–Kier alpha value is -3.30. The van der Waals surface area contributed by atoms with Crippen molar-refractivity contribution in [2.45, 2.75) is 9.79 Å². The van der Waals surface area contributed by atoms with Gasteiger partial charge < -0.3 is 5.32 Å². The minimum atomic E-state index is -0.467. The fraction of sp³-hybridized carbons (Fsp3) is 0.0500. The van der Waals surface area contributed by atoms with E-state index in [1.807, 2.05) is 12.1 Å². The van der Waals surface area contributed by atoms with Gasteiger partial charge in [0.1, 0.15) is 22.9 Å². The summed E-state index contributed by atoms with van der Waals surface area (Å²) in [6.45, 7) is 0. The van der Waals surface area contributed by atoms with E-state index in [1.54, 1.807) is 18.3 Å². The maximum atomic E-state index is 13.6. The van der Waals surface area contributed by atoms with E-state index in [2.05, 4.69) is 25.4 Å². The highest BCUT2D eigenvalue weighted by atomic mass is 35.5. The van der Waals surface area contributed by atoms with E-state index in [0.717, 1.165) is 16.0 Å². The van der Waals surface area contributed by atoms with E-state index in [0.29, 0.717) is 22.1 Å². The van der Waals surface area contributed by atoms with E-state index in [4.69, 9.17) is 11.6 Å². The molecule has 0 spiro atoms. The first-order valence-corrected chi connectivity index (χ1v) is 9.91. The lowest BCUT2D eigenvalue weighted by atomic mass is 10.3. The van der Waals surface area contributed by atoms with Crippen LogP contribution in [-0.2, 0) is 0 Å². The number of pyridine rings is 1. The summed E-state index contributed by atoms with van der Waals surface area (Å²) in [5.41, 5.74) is 1.67. The number of nitrogens with one attached hydrogen (secondary N) is 1. The molecule has 0 unspecified atom stereocenters. The molecule has 3 aromatic heterocycles. The first-order chi connectivity index (χ1) is 14.5. The average molecular weight is 441 g/mol. The topological polar surface area (TPSA) is 85.6 Å². The van der Waals surface area contributed by atoms with Crippen LogP contribution in [0.4, 0.5) is 4.39 Å². The Labute approximate surface area is 180 Å². The molecule has 30 heavy (non-hydrogen) atoms. The van der Waals surface area contributed by atoms with Gasteiger partial charge in [0.15, 0.2) is 0 Å². The molecule has 0 saturated heterocycles. The third-order valence-corrected chi connectivity index (χ3v) is 5.31. The van der Waals surface area contributed by atoms with E-state index in [1.165, 1.54) is 48.1 Å². The predicted octanol–water partition coefficient (Wildman–Crippen LogP) is 4.03. The van der Waals surface area contributed by atoms with Gasteiger partial charge in [-0.25, -0.2) is 14.1 Å². The number of rotatable bonds is 5. The van der Waals surface area contributed by atoms with Crippen LogP contribution in [0.5, 0.6) is 0 Å². The zero-order valence-electron chi connectivity index (χ0n) is 15.6. The maximum absolute atomic E-state index is 13.6. The molecule has 4 rings (SSSR count). The molecule has 0 radical (unpaired) electrons. The number of hydrogen-bond acceptors (Lipinski definition) is 6. The van der Waals surface area contributed by atoms with Crippen molar-refractivity contribution < 1.29 is 9.18 Å². The van der Waals surface area contributed by atoms with Crippen LogP contribution in [0.25, 0.3) is 17.1 Å². The second-order valence-electron chi connectivity index (χ2n) is 6.07. The van der Waals surface area contributed by atoms with E-state index < -0.39 is 5.82 Å². The van der Waals surface area contributed by atoms with Crippen LogP contribution in [0.2, 0.25) is 5.02 Å². The first kappa shape index (κ1) is 20.0. The Morgan fingerprint density at radius 1 is 1.13 bits per heavy atom. The standard InChI is InChI=1S/C20H14ClFN6OS/c1-23-20(29)17-10-25-16(9-26-17)19-18(30-15-4-2-12(21)3-5-15)11-28(27-19)14-6-13(22)7-24-8-14/h2-11H,1H3,(H,23,29). The van der Waals surface area contributed by atoms with Crippen molar-refractivity contribution in [1.82, 2.24) is 30.0 Å². The van der Waals surface area contributed by atoms with Crippen LogP contribution in [0, 0.1) is 5.82 Å². The maximum Gasteiger partial charge on any atom is 0.271 e. The number of carbonyl (C=O) groups is 1. The van der Waals surface area contributed by atoms with Crippen LogP contribution >= 0.6 is 23.4 Å². The van der Waals surface area contributed by atoms with Crippen molar-refractivity contribution in [2.24, 2.45) is 0 Å². The van der Waals surface area contributed by atoms with Crippen LogP contribution in [0.3, 0.4) is 0 Å². The molecule has 3 heterocycles. The molecule has 0 atom stereocenters. The van der Waals surface area contributed by atoms with Gasteiger partial charge in [0.25, 0.3) is 5.91 Å². The third-order valence-electron chi connectivity index (χ3n) is 4.03. The lowest BCUT2D eigenvalue weighted by Crippen LogP contribution is -2.19. The Kier molecular flexibility index (Phi) is 5.73. The van der Waals surface area contributed by atoms with Crippen molar-refractivity contribution in [3.63, 3.8) is 0 Å². The van der Waals surface area contributed by atoms with Gasteiger partial charge in [-0.05, 0) is 24.3 Å². The zero-order valence-corrected chi connectivity index (χ0v) is 17.2. The number of hydrogen-bond donors (Lipinski definition) is 1. The second kappa shape index (κ2) is 8.60. The van der Waals surface area contributed by atoms with Gasteiger partial charge in [-0.15, -0.1) is 0 Å². The van der Waals surface area contributed by atoms with Crippen molar-refractivity contribution in [1.29, 1.82) is 0 Å². The summed E-state index contributed by atoms with van der Waals surface area (Å²) in [5, 5.41) is 7.70. The molecule has 150 valence electrons. The van der Waals surface area contributed by atoms with Gasteiger partial charge in [0.05, 0.1) is 35.4 Å². The van der Waals surface area contributed by atoms with Gasteiger partial charge in [-0.2, -0.15) is 5.10 Å². The molecule has 7 nitrogen and oxygen atoms in total.